The van der Waals surface area contributed by atoms with Gasteiger partial charge in [-0.05, 0) is 62.5 Å². The number of hydrogen-bond donors (Lipinski definition) is 1. The van der Waals surface area contributed by atoms with E-state index >= 15 is 0 Å². The monoisotopic (exact) mass is 402 g/mol. The van der Waals surface area contributed by atoms with Crippen LogP contribution in [0.4, 0.5) is 11.5 Å². The summed E-state index contributed by atoms with van der Waals surface area (Å²) < 4.78 is 30.8. The molecule has 1 aromatic carbocycles. The highest BCUT2D eigenvalue weighted by Gasteiger charge is 2.25. The van der Waals surface area contributed by atoms with E-state index in [1.165, 1.54) is 6.33 Å². The summed E-state index contributed by atoms with van der Waals surface area (Å²) in [7, 11) is -3.21. The molecule has 1 fully saturated rings. The number of benzene rings is 1. The minimum Gasteiger partial charge on any atom is -0.474 e. The normalized spacial score (nSPS) is 17.5. The molecule has 3 heterocycles. The third-order valence-corrected chi connectivity index (χ3v) is 7.17. The number of ether oxygens (including phenoxy) is 1. The molecule has 1 N–H and O–H groups in total. The van der Waals surface area contributed by atoms with Gasteiger partial charge in [0, 0.05) is 18.3 Å². The van der Waals surface area contributed by atoms with E-state index in [1.54, 1.807) is 6.07 Å². The second-order valence-electron chi connectivity index (χ2n) is 7.29. The van der Waals surface area contributed by atoms with Crippen molar-refractivity contribution in [3.63, 3.8) is 0 Å². The van der Waals surface area contributed by atoms with Gasteiger partial charge in [0.25, 0.3) is 0 Å². The zero-order valence-electron chi connectivity index (χ0n) is 16.1. The summed E-state index contributed by atoms with van der Waals surface area (Å²) in [5.41, 5.74) is 2.04. The van der Waals surface area contributed by atoms with E-state index in [0.717, 1.165) is 56.0 Å². The predicted octanol–water partition coefficient (Wildman–Crippen LogP) is 2.49. The van der Waals surface area contributed by atoms with Crippen LogP contribution in [0.5, 0.6) is 5.88 Å². The Hall–Kier alpha value is -2.19. The Kier molecular flexibility index (Phi) is 5.50. The Morgan fingerprint density at radius 2 is 2.04 bits per heavy atom. The molecule has 0 unspecified atom stereocenters. The number of aromatic nitrogens is 2. The van der Waals surface area contributed by atoms with Gasteiger partial charge in [0.1, 0.15) is 18.2 Å². The number of piperidine rings is 1. The first kappa shape index (κ1) is 19.1. The summed E-state index contributed by atoms with van der Waals surface area (Å²) in [4.78, 5) is 11.2. The summed E-state index contributed by atoms with van der Waals surface area (Å²) in [6.07, 6.45) is 5.07. The van der Waals surface area contributed by atoms with Gasteiger partial charge in [-0.15, -0.1) is 0 Å². The first-order chi connectivity index (χ1) is 13.6. The van der Waals surface area contributed by atoms with Crippen molar-refractivity contribution in [2.75, 3.05) is 30.3 Å². The molecule has 0 saturated carbocycles. The number of rotatable bonds is 6. The number of hydrogen-bond acceptors (Lipinski definition) is 7. The van der Waals surface area contributed by atoms with E-state index in [0.29, 0.717) is 17.2 Å². The lowest BCUT2D eigenvalue weighted by molar-refractivity contribution is 0.156. The molecular formula is C20H26N4O3S. The maximum atomic E-state index is 12.4. The summed E-state index contributed by atoms with van der Waals surface area (Å²) in [6, 6.07) is 7.28. The van der Waals surface area contributed by atoms with E-state index in [-0.39, 0.29) is 11.9 Å². The Bertz CT molecular complexity index is 942. The van der Waals surface area contributed by atoms with Crippen LogP contribution in [0.2, 0.25) is 0 Å². The molecule has 1 saturated heterocycles. The van der Waals surface area contributed by atoms with Gasteiger partial charge in [-0.1, -0.05) is 6.92 Å². The van der Waals surface area contributed by atoms with Crippen LogP contribution in [0.25, 0.3) is 0 Å². The van der Waals surface area contributed by atoms with Crippen molar-refractivity contribution in [3.05, 3.63) is 36.2 Å². The number of anilines is 2. The molecule has 0 spiro atoms. The molecule has 0 amide bonds. The van der Waals surface area contributed by atoms with E-state index in [1.807, 2.05) is 25.1 Å². The van der Waals surface area contributed by atoms with Crippen LogP contribution in [0.15, 0.2) is 35.5 Å². The highest BCUT2D eigenvalue weighted by atomic mass is 32.2. The smallest absolute Gasteiger partial charge is 0.218 e. The molecule has 0 bridgehead atoms. The highest BCUT2D eigenvalue weighted by Crippen LogP contribution is 2.35. The summed E-state index contributed by atoms with van der Waals surface area (Å²) in [5.74, 6) is 1.55. The largest absolute Gasteiger partial charge is 0.474 e. The van der Waals surface area contributed by atoms with Crippen molar-refractivity contribution in [1.82, 2.24) is 15.3 Å². The van der Waals surface area contributed by atoms with Crippen molar-refractivity contribution >= 4 is 21.3 Å². The van der Waals surface area contributed by atoms with E-state index in [4.69, 9.17) is 4.74 Å². The Morgan fingerprint density at radius 1 is 1.21 bits per heavy atom. The minimum atomic E-state index is -3.21. The summed E-state index contributed by atoms with van der Waals surface area (Å²) in [6.45, 7) is 4.57. The SMILES string of the molecule is CCCS(=O)(=O)c1ccc2c(c1)CCN2c1cc(OC2CCNCC2)ncn1. The van der Waals surface area contributed by atoms with Crippen molar-refractivity contribution in [1.29, 1.82) is 0 Å². The van der Waals surface area contributed by atoms with Gasteiger partial charge in [0.15, 0.2) is 9.84 Å². The van der Waals surface area contributed by atoms with Crippen LogP contribution >= 0.6 is 0 Å². The molecule has 0 radical (unpaired) electrons. The highest BCUT2D eigenvalue weighted by molar-refractivity contribution is 7.91. The first-order valence-electron chi connectivity index (χ1n) is 9.89. The molecule has 2 aliphatic rings. The maximum Gasteiger partial charge on any atom is 0.218 e. The average Bonchev–Trinajstić information content (AvgIpc) is 3.12. The zero-order chi connectivity index (χ0) is 19.6. The Labute approximate surface area is 166 Å². The Morgan fingerprint density at radius 3 is 2.82 bits per heavy atom. The molecule has 4 rings (SSSR count). The number of fused-ring (bicyclic) bond motifs is 1. The molecule has 1 aromatic heterocycles. The van der Waals surface area contributed by atoms with Crippen LogP contribution in [0.1, 0.15) is 31.7 Å². The predicted molar refractivity (Wildman–Crippen MR) is 108 cm³/mol. The van der Waals surface area contributed by atoms with Crippen molar-refractivity contribution < 1.29 is 13.2 Å². The van der Waals surface area contributed by atoms with Crippen molar-refractivity contribution in [3.8, 4) is 5.88 Å². The lowest BCUT2D eigenvalue weighted by Crippen LogP contribution is -2.34. The molecule has 7 nitrogen and oxygen atoms in total. The van der Waals surface area contributed by atoms with E-state index in [2.05, 4.69) is 20.2 Å². The number of nitrogens with zero attached hydrogens (tertiary/aromatic N) is 3. The molecule has 2 aliphatic heterocycles. The minimum absolute atomic E-state index is 0.179. The molecule has 8 heteroatoms. The summed E-state index contributed by atoms with van der Waals surface area (Å²) in [5, 5.41) is 3.33. The van der Waals surface area contributed by atoms with Crippen LogP contribution in [0, 0.1) is 0 Å². The summed E-state index contributed by atoms with van der Waals surface area (Å²) >= 11 is 0. The number of sulfone groups is 1. The third kappa shape index (κ3) is 3.98. The molecule has 0 aliphatic carbocycles. The molecule has 0 atom stereocenters. The third-order valence-electron chi connectivity index (χ3n) is 5.26. The van der Waals surface area contributed by atoms with E-state index < -0.39 is 9.84 Å². The second kappa shape index (κ2) is 8.05. The lowest BCUT2D eigenvalue weighted by atomic mass is 10.1. The van der Waals surface area contributed by atoms with Crippen molar-refractivity contribution in [2.45, 2.75) is 43.6 Å². The van der Waals surface area contributed by atoms with Crippen molar-refractivity contribution in [2.24, 2.45) is 0 Å². The Balaban J connectivity index is 1.55. The van der Waals surface area contributed by atoms with Gasteiger partial charge in [0.2, 0.25) is 5.88 Å². The first-order valence-corrected chi connectivity index (χ1v) is 11.5. The molecule has 28 heavy (non-hydrogen) atoms. The fourth-order valence-corrected chi connectivity index (χ4v) is 5.19. The second-order valence-corrected chi connectivity index (χ2v) is 9.40. The van der Waals surface area contributed by atoms with Crippen LogP contribution in [-0.4, -0.2) is 49.9 Å². The lowest BCUT2D eigenvalue weighted by Gasteiger charge is -2.24. The zero-order valence-corrected chi connectivity index (χ0v) is 16.9. The van der Waals surface area contributed by atoms with Gasteiger partial charge in [-0.3, -0.25) is 0 Å². The van der Waals surface area contributed by atoms with Crippen LogP contribution in [-0.2, 0) is 16.3 Å². The maximum absolute atomic E-state index is 12.4. The van der Waals surface area contributed by atoms with E-state index in [9.17, 15) is 8.42 Å². The fourth-order valence-electron chi connectivity index (χ4n) is 3.82. The molecule has 2 aromatic rings. The van der Waals surface area contributed by atoms with Gasteiger partial charge in [-0.2, -0.15) is 0 Å². The van der Waals surface area contributed by atoms with Crippen LogP contribution < -0.4 is 15.0 Å². The van der Waals surface area contributed by atoms with Gasteiger partial charge in [0.05, 0.1) is 10.6 Å². The van der Waals surface area contributed by atoms with Gasteiger partial charge >= 0.3 is 0 Å². The molecular weight excluding hydrogens is 376 g/mol. The van der Waals surface area contributed by atoms with Gasteiger partial charge < -0.3 is 15.0 Å². The van der Waals surface area contributed by atoms with Gasteiger partial charge in [-0.25, -0.2) is 18.4 Å². The average molecular weight is 403 g/mol. The van der Waals surface area contributed by atoms with Crippen LogP contribution in [0.3, 0.4) is 0 Å². The topological polar surface area (TPSA) is 84.4 Å². The fraction of sp³-hybridized carbons (Fsp3) is 0.500. The standard InChI is InChI=1S/C20H26N4O3S/c1-2-11-28(25,26)17-3-4-18-15(12-17)7-10-24(18)19-13-20(23-14-22-19)27-16-5-8-21-9-6-16/h3-4,12-14,16,21H,2,5-11H2,1H3. The molecule has 150 valence electrons. The quantitative estimate of drug-likeness (QED) is 0.795. The number of nitrogens with one attached hydrogen (secondary N) is 1.